The van der Waals surface area contributed by atoms with Gasteiger partial charge in [0.05, 0.1) is 0 Å². The van der Waals surface area contributed by atoms with Gasteiger partial charge in [0.1, 0.15) is 0 Å². The Morgan fingerprint density at radius 3 is 2.43 bits per heavy atom. The van der Waals surface area contributed by atoms with E-state index in [0.29, 0.717) is 17.9 Å². The maximum absolute atomic E-state index is 6.25. The molecule has 0 aromatic carbocycles. The Hall–Kier alpha value is -0.120. The Bertz CT molecular complexity index is 153. The van der Waals surface area contributed by atoms with Crippen molar-refractivity contribution in [3.8, 4) is 0 Å². The molecular formula is C11H25N3. The van der Waals surface area contributed by atoms with Crippen LogP contribution in [0.15, 0.2) is 0 Å². The van der Waals surface area contributed by atoms with Crippen molar-refractivity contribution in [3.63, 3.8) is 0 Å². The molecule has 1 fully saturated rings. The summed E-state index contributed by atoms with van der Waals surface area (Å²) in [6.45, 7) is 5.40. The molecule has 1 rings (SSSR count). The Morgan fingerprint density at radius 2 is 1.93 bits per heavy atom. The minimum atomic E-state index is 0.354. The van der Waals surface area contributed by atoms with Crippen molar-refractivity contribution in [1.29, 1.82) is 0 Å². The van der Waals surface area contributed by atoms with E-state index in [1.54, 1.807) is 0 Å². The molecule has 3 heteroatoms. The van der Waals surface area contributed by atoms with Crippen molar-refractivity contribution in [2.24, 2.45) is 23.3 Å². The number of hydrogen-bond donors (Lipinski definition) is 2. The van der Waals surface area contributed by atoms with Gasteiger partial charge in [0.25, 0.3) is 0 Å². The van der Waals surface area contributed by atoms with E-state index in [2.05, 4.69) is 18.9 Å². The second kappa shape index (κ2) is 5.69. The highest BCUT2D eigenvalue weighted by Crippen LogP contribution is 2.23. The molecule has 0 bridgehead atoms. The molecule has 14 heavy (non-hydrogen) atoms. The smallest absolute Gasteiger partial charge is 0.00944 e. The monoisotopic (exact) mass is 199 g/mol. The van der Waals surface area contributed by atoms with Crippen molar-refractivity contribution >= 4 is 0 Å². The second-order valence-electron chi connectivity index (χ2n) is 4.77. The lowest BCUT2D eigenvalue weighted by molar-refractivity contribution is 0.175. The summed E-state index contributed by atoms with van der Waals surface area (Å²) in [7, 11) is 2.19. The van der Waals surface area contributed by atoms with Crippen LogP contribution in [0.3, 0.4) is 0 Å². The van der Waals surface area contributed by atoms with E-state index in [0.717, 1.165) is 13.0 Å². The van der Waals surface area contributed by atoms with Crippen LogP contribution in [0.1, 0.15) is 26.2 Å². The van der Waals surface area contributed by atoms with Crippen LogP contribution in [-0.2, 0) is 0 Å². The quantitative estimate of drug-likeness (QED) is 0.698. The van der Waals surface area contributed by atoms with Crippen LogP contribution < -0.4 is 11.5 Å². The molecule has 84 valence electrons. The number of hydrogen-bond acceptors (Lipinski definition) is 3. The van der Waals surface area contributed by atoms with Crippen molar-refractivity contribution in [3.05, 3.63) is 0 Å². The summed E-state index contributed by atoms with van der Waals surface area (Å²) in [5.41, 5.74) is 11.8. The van der Waals surface area contributed by atoms with E-state index in [-0.39, 0.29) is 0 Å². The third kappa shape index (κ3) is 3.23. The largest absolute Gasteiger partial charge is 0.330 e. The first-order valence-electron chi connectivity index (χ1n) is 5.79. The molecule has 0 aromatic rings. The number of nitrogens with two attached hydrogens (primary N) is 2. The van der Waals surface area contributed by atoms with Crippen LogP contribution in [0.25, 0.3) is 0 Å². The topological polar surface area (TPSA) is 55.3 Å². The predicted molar refractivity (Wildman–Crippen MR) is 61.0 cm³/mol. The third-order valence-corrected chi connectivity index (χ3v) is 3.59. The lowest BCUT2D eigenvalue weighted by Crippen LogP contribution is -2.43. The SMILES string of the molecule is CC(CCN)C(N)C1CCN(C)CC1. The summed E-state index contributed by atoms with van der Waals surface area (Å²) in [6, 6.07) is 0.354. The maximum atomic E-state index is 6.25. The van der Waals surface area contributed by atoms with Gasteiger partial charge in [-0.05, 0) is 57.8 Å². The Kier molecular flexibility index (Phi) is 4.85. The first kappa shape index (κ1) is 12.0. The van der Waals surface area contributed by atoms with Crippen LogP contribution in [0, 0.1) is 11.8 Å². The zero-order valence-corrected chi connectivity index (χ0v) is 9.58. The maximum Gasteiger partial charge on any atom is 0.00944 e. The molecule has 3 nitrogen and oxygen atoms in total. The highest BCUT2D eigenvalue weighted by atomic mass is 15.1. The lowest BCUT2D eigenvalue weighted by atomic mass is 9.82. The fraction of sp³-hybridized carbons (Fsp3) is 1.00. The standard InChI is InChI=1S/C11H25N3/c1-9(3-6-12)11(13)10-4-7-14(2)8-5-10/h9-11H,3-8,12-13H2,1-2H3. The summed E-state index contributed by atoms with van der Waals surface area (Å²) in [5.74, 6) is 1.29. The number of nitrogens with zero attached hydrogens (tertiary/aromatic N) is 1. The molecular weight excluding hydrogens is 174 g/mol. The van der Waals surface area contributed by atoms with Gasteiger partial charge in [-0.3, -0.25) is 0 Å². The fourth-order valence-electron chi connectivity index (χ4n) is 2.33. The average Bonchev–Trinajstić information content (AvgIpc) is 2.18. The van der Waals surface area contributed by atoms with Gasteiger partial charge in [-0.2, -0.15) is 0 Å². The third-order valence-electron chi connectivity index (χ3n) is 3.59. The van der Waals surface area contributed by atoms with Crippen LogP contribution in [0.5, 0.6) is 0 Å². The molecule has 1 saturated heterocycles. The van der Waals surface area contributed by atoms with Gasteiger partial charge >= 0.3 is 0 Å². The van der Waals surface area contributed by atoms with E-state index < -0.39 is 0 Å². The molecule has 1 aliphatic rings. The molecule has 0 saturated carbocycles. The molecule has 1 heterocycles. The van der Waals surface area contributed by atoms with Crippen LogP contribution in [-0.4, -0.2) is 37.6 Å². The average molecular weight is 199 g/mol. The first-order chi connectivity index (χ1) is 6.65. The highest BCUT2D eigenvalue weighted by Gasteiger charge is 2.25. The highest BCUT2D eigenvalue weighted by molar-refractivity contribution is 4.82. The van der Waals surface area contributed by atoms with E-state index in [1.807, 2.05) is 0 Å². The molecule has 0 aliphatic carbocycles. The van der Waals surface area contributed by atoms with Crippen molar-refractivity contribution in [1.82, 2.24) is 4.90 Å². The molecule has 4 N–H and O–H groups in total. The Labute approximate surface area is 87.8 Å². The van der Waals surface area contributed by atoms with Crippen molar-refractivity contribution < 1.29 is 0 Å². The van der Waals surface area contributed by atoms with Crippen LogP contribution in [0.4, 0.5) is 0 Å². The molecule has 2 atom stereocenters. The van der Waals surface area contributed by atoms with Gasteiger partial charge in [0.2, 0.25) is 0 Å². The summed E-state index contributed by atoms with van der Waals surface area (Å²) < 4.78 is 0. The van der Waals surface area contributed by atoms with Gasteiger partial charge in [0, 0.05) is 6.04 Å². The van der Waals surface area contributed by atoms with Gasteiger partial charge in [-0.15, -0.1) is 0 Å². The van der Waals surface area contributed by atoms with E-state index in [9.17, 15) is 0 Å². The van der Waals surface area contributed by atoms with Gasteiger partial charge in [0.15, 0.2) is 0 Å². The molecule has 0 aromatic heterocycles. The summed E-state index contributed by atoms with van der Waals surface area (Å²) in [5, 5.41) is 0. The Morgan fingerprint density at radius 1 is 1.36 bits per heavy atom. The van der Waals surface area contributed by atoms with Gasteiger partial charge < -0.3 is 16.4 Å². The zero-order valence-electron chi connectivity index (χ0n) is 9.58. The minimum Gasteiger partial charge on any atom is -0.330 e. The molecule has 1 aliphatic heterocycles. The van der Waals surface area contributed by atoms with Crippen LogP contribution >= 0.6 is 0 Å². The summed E-state index contributed by atoms with van der Waals surface area (Å²) >= 11 is 0. The van der Waals surface area contributed by atoms with E-state index >= 15 is 0 Å². The predicted octanol–water partition coefficient (Wildman–Crippen LogP) is 0.640. The zero-order chi connectivity index (χ0) is 10.6. The number of likely N-dealkylation sites (tertiary alicyclic amines) is 1. The van der Waals surface area contributed by atoms with E-state index in [4.69, 9.17) is 11.5 Å². The summed E-state index contributed by atoms with van der Waals surface area (Å²) in [6.07, 6.45) is 3.58. The second-order valence-corrected chi connectivity index (χ2v) is 4.77. The lowest BCUT2D eigenvalue weighted by Gasteiger charge is -2.35. The molecule has 0 amide bonds. The van der Waals surface area contributed by atoms with Gasteiger partial charge in [-0.1, -0.05) is 6.92 Å². The van der Waals surface area contributed by atoms with Crippen molar-refractivity contribution in [2.45, 2.75) is 32.2 Å². The van der Waals surface area contributed by atoms with E-state index in [1.165, 1.54) is 25.9 Å². The first-order valence-corrected chi connectivity index (χ1v) is 5.79. The van der Waals surface area contributed by atoms with Crippen molar-refractivity contribution in [2.75, 3.05) is 26.7 Å². The number of piperidine rings is 1. The number of rotatable bonds is 4. The summed E-state index contributed by atoms with van der Waals surface area (Å²) in [4.78, 5) is 2.39. The minimum absolute atomic E-state index is 0.354. The molecule has 0 spiro atoms. The molecule has 0 radical (unpaired) electrons. The van der Waals surface area contributed by atoms with Crippen LogP contribution in [0.2, 0.25) is 0 Å². The normalized spacial score (nSPS) is 24.9. The Balaban J connectivity index is 2.33. The molecule has 2 unspecified atom stereocenters. The fourth-order valence-corrected chi connectivity index (χ4v) is 2.33. The van der Waals surface area contributed by atoms with Gasteiger partial charge in [-0.25, -0.2) is 0 Å².